The molecule has 0 saturated carbocycles. The molecule has 31 heavy (non-hydrogen) atoms. The first-order valence-electron chi connectivity index (χ1n) is 10.9. The van der Waals surface area contributed by atoms with Crippen molar-refractivity contribution in [1.29, 1.82) is 0 Å². The van der Waals surface area contributed by atoms with Crippen molar-refractivity contribution >= 4 is 15.9 Å². The molecule has 3 rings (SSSR count). The molecule has 7 heteroatoms. The molecule has 1 amide bonds. The van der Waals surface area contributed by atoms with Crippen LogP contribution in [0.4, 0.5) is 0 Å². The molecular formula is C24H33N3O3S. The molecule has 1 aliphatic rings. The number of carbonyl (C=O) groups excluding carboxylic acids is 1. The van der Waals surface area contributed by atoms with Crippen molar-refractivity contribution in [3.05, 3.63) is 64.7 Å². The highest BCUT2D eigenvalue weighted by molar-refractivity contribution is 7.89. The fraction of sp³-hybridized carbons (Fsp3) is 0.458. The van der Waals surface area contributed by atoms with Gasteiger partial charge in [0.1, 0.15) is 0 Å². The summed E-state index contributed by atoms with van der Waals surface area (Å²) in [6, 6.07) is 13.9. The normalized spacial score (nSPS) is 15.7. The van der Waals surface area contributed by atoms with E-state index in [2.05, 4.69) is 46.1 Å². The molecule has 6 nitrogen and oxygen atoms in total. The smallest absolute Gasteiger partial charge is 0.240 e. The number of nitrogens with zero attached hydrogens (tertiary/aromatic N) is 1. The lowest BCUT2D eigenvalue weighted by molar-refractivity contribution is -0.121. The molecule has 1 fully saturated rings. The van der Waals surface area contributed by atoms with E-state index < -0.39 is 10.0 Å². The predicted molar refractivity (Wildman–Crippen MR) is 123 cm³/mol. The van der Waals surface area contributed by atoms with Gasteiger partial charge in [-0.25, -0.2) is 13.1 Å². The van der Waals surface area contributed by atoms with E-state index in [0.29, 0.717) is 5.56 Å². The van der Waals surface area contributed by atoms with Gasteiger partial charge in [0.25, 0.3) is 0 Å². The lowest BCUT2D eigenvalue weighted by Crippen LogP contribution is -2.45. The highest BCUT2D eigenvalue weighted by Crippen LogP contribution is 2.17. The maximum Gasteiger partial charge on any atom is 0.240 e. The summed E-state index contributed by atoms with van der Waals surface area (Å²) in [6.07, 6.45) is 1.95. The highest BCUT2D eigenvalue weighted by atomic mass is 32.2. The van der Waals surface area contributed by atoms with Gasteiger partial charge in [0, 0.05) is 38.6 Å². The second-order valence-electron chi connectivity index (χ2n) is 8.46. The number of hydrogen-bond donors (Lipinski definition) is 2. The van der Waals surface area contributed by atoms with E-state index in [9.17, 15) is 13.2 Å². The van der Waals surface area contributed by atoms with Gasteiger partial charge in [0.15, 0.2) is 0 Å². The van der Waals surface area contributed by atoms with E-state index in [1.807, 2.05) is 13.0 Å². The third-order valence-corrected chi connectivity index (χ3v) is 7.49. The number of benzene rings is 2. The van der Waals surface area contributed by atoms with Crippen LogP contribution < -0.4 is 10.0 Å². The Kier molecular flexibility index (Phi) is 7.86. The molecule has 0 aromatic heterocycles. The van der Waals surface area contributed by atoms with Crippen molar-refractivity contribution in [2.24, 2.45) is 0 Å². The molecule has 168 valence electrons. The van der Waals surface area contributed by atoms with Crippen LogP contribution in [0.1, 0.15) is 41.5 Å². The van der Waals surface area contributed by atoms with Crippen LogP contribution in [0, 0.1) is 20.8 Å². The molecule has 0 spiro atoms. The molecule has 1 aliphatic heterocycles. The van der Waals surface area contributed by atoms with Crippen LogP contribution >= 0.6 is 0 Å². The fourth-order valence-corrected chi connectivity index (χ4v) is 5.30. The fourth-order valence-electron chi connectivity index (χ4n) is 3.94. The summed E-state index contributed by atoms with van der Waals surface area (Å²) in [5, 5.41) is 3.06. The van der Waals surface area contributed by atoms with Crippen LogP contribution in [0.15, 0.2) is 47.4 Å². The molecule has 2 N–H and O–H groups in total. The molecule has 1 heterocycles. The molecule has 0 unspecified atom stereocenters. The summed E-state index contributed by atoms with van der Waals surface area (Å²) in [5.74, 6) is -0.110. The van der Waals surface area contributed by atoms with Crippen LogP contribution in [0.2, 0.25) is 0 Å². The third-order valence-electron chi connectivity index (χ3n) is 5.89. The number of hydrogen-bond acceptors (Lipinski definition) is 4. The summed E-state index contributed by atoms with van der Waals surface area (Å²) in [6.45, 7) is 8.68. The number of carbonyl (C=O) groups is 1. The first-order chi connectivity index (χ1) is 14.7. The topological polar surface area (TPSA) is 78.5 Å². The number of aryl methyl sites for hydroxylation is 3. The molecule has 2 aromatic rings. The highest BCUT2D eigenvalue weighted by Gasteiger charge is 2.22. The van der Waals surface area contributed by atoms with E-state index in [-0.39, 0.29) is 29.8 Å². The van der Waals surface area contributed by atoms with E-state index in [0.717, 1.165) is 38.0 Å². The minimum atomic E-state index is -3.62. The Hall–Kier alpha value is -2.22. The largest absolute Gasteiger partial charge is 0.353 e. The zero-order valence-electron chi connectivity index (χ0n) is 18.6. The van der Waals surface area contributed by atoms with Crippen molar-refractivity contribution < 1.29 is 13.2 Å². The molecule has 0 aliphatic carbocycles. The molecule has 0 radical (unpaired) electrons. The van der Waals surface area contributed by atoms with Gasteiger partial charge in [-0.05, 0) is 61.9 Å². The minimum Gasteiger partial charge on any atom is -0.353 e. The number of likely N-dealkylation sites (tertiary alicyclic amines) is 1. The Bertz CT molecular complexity index is 1010. The van der Waals surface area contributed by atoms with Crippen LogP contribution in [-0.2, 0) is 21.4 Å². The second-order valence-corrected chi connectivity index (χ2v) is 10.2. The van der Waals surface area contributed by atoms with E-state index in [1.165, 1.54) is 11.1 Å². The first-order valence-corrected chi connectivity index (χ1v) is 12.4. The van der Waals surface area contributed by atoms with Crippen LogP contribution in [-0.4, -0.2) is 44.9 Å². The average molecular weight is 444 g/mol. The monoisotopic (exact) mass is 443 g/mol. The van der Waals surface area contributed by atoms with Crippen molar-refractivity contribution in [2.75, 3.05) is 19.6 Å². The number of amides is 1. The van der Waals surface area contributed by atoms with Crippen molar-refractivity contribution in [2.45, 2.75) is 57.5 Å². The summed E-state index contributed by atoms with van der Waals surface area (Å²) < 4.78 is 27.6. The summed E-state index contributed by atoms with van der Waals surface area (Å²) in [7, 11) is -3.62. The van der Waals surface area contributed by atoms with Gasteiger partial charge < -0.3 is 5.32 Å². The molecular weight excluding hydrogens is 410 g/mol. The zero-order chi connectivity index (χ0) is 22.4. The van der Waals surface area contributed by atoms with E-state index in [4.69, 9.17) is 0 Å². The quantitative estimate of drug-likeness (QED) is 0.657. The van der Waals surface area contributed by atoms with Gasteiger partial charge in [-0.15, -0.1) is 0 Å². The van der Waals surface area contributed by atoms with E-state index >= 15 is 0 Å². The number of piperidine rings is 1. The maximum atomic E-state index is 12.5. The number of rotatable bonds is 8. The van der Waals surface area contributed by atoms with Crippen LogP contribution in [0.3, 0.4) is 0 Å². The SMILES string of the molecule is Cc1ccc(C)c(S(=O)(=O)NCCC(=O)NC2CCN(Cc3ccccc3C)CC2)c1. The van der Waals surface area contributed by atoms with Crippen molar-refractivity contribution in [3.8, 4) is 0 Å². The lowest BCUT2D eigenvalue weighted by Gasteiger charge is -2.32. The second kappa shape index (κ2) is 10.4. The molecule has 2 aromatic carbocycles. The first kappa shape index (κ1) is 23.4. The summed E-state index contributed by atoms with van der Waals surface area (Å²) in [4.78, 5) is 15.0. The number of nitrogens with one attached hydrogen (secondary N) is 2. The van der Waals surface area contributed by atoms with Gasteiger partial charge >= 0.3 is 0 Å². The molecule has 0 atom stereocenters. The van der Waals surface area contributed by atoms with Gasteiger partial charge in [-0.1, -0.05) is 36.4 Å². The summed E-state index contributed by atoms with van der Waals surface area (Å²) in [5.41, 5.74) is 4.24. The van der Waals surface area contributed by atoms with Gasteiger partial charge in [0.2, 0.25) is 15.9 Å². The van der Waals surface area contributed by atoms with E-state index in [1.54, 1.807) is 19.1 Å². The standard InChI is InChI=1S/C24H33N3O3S/c1-18-8-9-20(3)23(16-18)31(29,30)25-13-10-24(28)26-22-11-14-27(15-12-22)17-21-7-5-4-6-19(21)2/h4-9,16,22,25H,10-15,17H2,1-3H3,(H,26,28). The third kappa shape index (κ3) is 6.63. The van der Waals surface area contributed by atoms with Gasteiger partial charge in [-0.2, -0.15) is 0 Å². The molecule has 1 saturated heterocycles. The number of sulfonamides is 1. The Morgan fingerprint density at radius 1 is 1.03 bits per heavy atom. The maximum absolute atomic E-state index is 12.5. The van der Waals surface area contributed by atoms with Crippen LogP contribution in [0.25, 0.3) is 0 Å². The van der Waals surface area contributed by atoms with Crippen molar-refractivity contribution in [3.63, 3.8) is 0 Å². The Morgan fingerprint density at radius 2 is 1.74 bits per heavy atom. The Balaban J connectivity index is 1.40. The Morgan fingerprint density at radius 3 is 2.45 bits per heavy atom. The van der Waals surface area contributed by atoms with Gasteiger partial charge in [0.05, 0.1) is 4.90 Å². The summed E-state index contributed by atoms with van der Waals surface area (Å²) >= 11 is 0. The van der Waals surface area contributed by atoms with Crippen LogP contribution in [0.5, 0.6) is 0 Å². The lowest BCUT2D eigenvalue weighted by atomic mass is 10.0. The minimum absolute atomic E-state index is 0.0910. The van der Waals surface area contributed by atoms with Crippen molar-refractivity contribution in [1.82, 2.24) is 14.9 Å². The molecule has 0 bridgehead atoms. The zero-order valence-corrected chi connectivity index (χ0v) is 19.5. The Labute approximate surface area is 186 Å². The average Bonchev–Trinajstić information content (AvgIpc) is 2.72. The predicted octanol–water partition coefficient (Wildman–Crippen LogP) is 3.06. The van der Waals surface area contributed by atoms with Gasteiger partial charge in [-0.3, -0.25) is 9.69 Å².